The molecule has 2 nitrogen and oxygen atoms in total. The van der Waals surface area contributed by atoms with Crippen LogP contribution in [0.25, 0.3) is 0 Å². The van der Waals surface area contributed by atoms with E-state index in [9.17, 15) is 9.18 Å². The second kappa shape index (κ2) is 5.03. The van der Waals surface area contributed by atoms with Crippen LogP contribution in [0.1, 0.15) is 26.7 Å². The summed E-state index contributed by atoms with van der Waals surface area (Å²) in [5.41, 5.74) is 0. The number of esters is 1. The molecule has 0 aromatic heterocycles. The maximum atomic E-state index is 13.0. The van der Waals surface area contributed by atoms with Gasteiger partial charge < -0.3 is 4.74 Å². The Morgan fingerprint density at radius 2 is 2.24 bits per heavy atom. The van der Waals surface area contributed by atoms with Gasteiger partial charge in [-0.05, 0) is 49.7 Å². The van der Waals surface area contributed by atoms with Gasteiger partial charge in [-0.1, -0.05) is 13.0 Å². The topological polar surface area (TPSA) is 26.3 Å². The van der Waals surface area contributed by atoms with Crippen LogP contribution in [0, 0.1) is 23.7 Å². The second-order valence-electron chi connectivity index (χ2n) is 5.03. The van der Waals surface area contributed by atoms with E-state index in [4.69, 9.17) is 4.74 Å². The molecule has 2 rings (SSSR count). The molecule has 0 N–H and O–H groups in total. The lowest BCUT2D eigenvalue weighted by atomic mass is 9.64. The van der Waals surface area contributed by atoms with Gasteiger partial charge in [-0.2, -0.15) is 0 Å². The van der Waals surface area contributed by atoms with Crippen LogP contribution in [0.15, 0.2) is 24.1 Å². The lowest BCUT2D eigenvalue weighted by Crippen LogP contribution is -2.37. The summed E-state index contributed by atoms with van der Waals surface area (Å²) in [5.74, 6) is 0.956. The minimum atomic E-state index is -0.144. The molecule has 0 aliphatic heterocycles. The fourth-order valence-electron chi connectivity index (χ4n) is 2.81. The molecule has 0 amide bonds. The molecule has 3 heteroatoms. The van der Waals surface area contributed by atoms with Crippen molar-refractivity contribution in [1.29, 1.82) is 0 Å². The van der Waals surface area contributed by atoms with E-state index in [1.165, 1.54) is 0 Å². The van der Waals surface area contributed by atoms with Crippen molar-refractivity contribution in [1.82, 2.24) is 0 Å². The Kier molecular flexibility index (Phi) is 3.65. The van der Waals surface area contributed by atoms with E-state index in [1.807, 2.05) is 19.9 Å². The number of allylic oxidation sites excluding steroid dienone is 4. The summed E-state index contributed by atoms with van der Waals surface area (Å²) >= 11 is 0. The van der Waals surface area contributed by atoms with E-state index in [-0.39, 0.29) is 23.6 Å². The minimum Gasteiger partial charge on any atom is -0.466 e. The Hall–Kier alpha value is -1.12. The third-order valence-electron chi connectivity index (χ3n) is 3.85. The highest BCUT2D eigenvalue weighted by atomic mass is 19.1. The van der Waals surface area contributed by atoms with Crippen molar-refractivity contribution in [3.8, 4) is 0 Å². The van der Waals surface area contributed by atoms with Crippen molar-refractivity contribution >= 4 is 5.97 Å². The van der Waals surface area contributed by atoms with Crippen LogP contribution in [-0.2, 0) is 9.53 Å². The molecule has 0 aromatic rings. The molecule has 0 saturated heterocycles. The molecule has 0 heterocycles. The smallest absolute Gasteiger partial charge is 0.308 e. The summed E-state index contributed by atoms with van der Waals surface area (Å²) < 4.78 is 18.0. The largest absolute Gasteiger partial charge is 0.466 e. The molecule has 2 atom stereocenters. The molecule has 0 aromatic carbocycles. The van der Waals surface area contributed by atoms with Gasteiger partial charge in [0.15, 0.2) is 0 Å². The van der Waals surface area contributed by atoms with Crippen molar-refractivity contribution in [2.24, 2.45) is 23.7 Å². The van der Waals surface area contributed by atoms with E-state index in [0.717, 1.165) is 12.8 Å². The first-order valence-electron chi connectivity index (χ1n) is 6.34. The highest BCUT2D eigenvalue weighted by Crippen LogP contribution is 2.44. The number of rotatable bonds is 3. The van der Waals surface area contributed by atoms with E-state index in [1.54, 1.807) is 12.2 Å². The van der Waals surface area contributed by atoms with Gasteiger partial charge >= 0.3 is 5.97 Å². The number of ether oxygens (including phenoxy) is 1. The molecule has 0 radical (unpaired) electrons. The third kappa shape index (κ3) is 2.59. The molecular weight excluding hydrogens is 219 g/mol. The van der Waals surface area contributed by atoms with Gasteiger partial charge in [-0.15, -0.1) is 0 Å². The number of hydrogen-bond acceptors (Lipinski definition) is 2. The van der Waals surface area contributed by atoms with Crippen LogP contribution in [0.3, 0.4) is 0 Å². The van der Waals surface area contributed by atoms with Crippen molar-refractivity contribution in [3.05, 3.63) is 24.1 Å². The average Bonchev–Trinajstić information content (AvgIpc) is 2.19. The van der Waals surface area contributed by atoms with Crippen LogP contribution >= 0.6 is 0 Å². The monoisotopic (exact) mass is 238 g/mol. The van der Waals surface area contributed by atoms with Crippen LogP contribution < -0.4 is 0 Å². The fraction of sp³-hybridized carbons (Fsp3) is 0.643. The van der Waals surface area contributed by atoms with Crippen LogP contribution in [0.4, 0.5) is 4.39 Å². The normalized spacial score (nSPS) is 36.1. The van der Waals surface area contributed by atoms with Crippen LogP contribution in [-0.4, -0.2) is 12.6 Å². The lowest BCUT2D eigenvalue weighted by molar-refractivity contribution is -0.153. The molecule has 2 aliphatic rings. The zero-order chi connectivity index (χ0) is 12.4. The van der Waals surface area contributed by atoms with Crippen molar-refractivity contribution in [2.45, 2.75) is 26.7 Å². The highest BCUT2D eigenvalue weighted by molar-refractivity contribution is 5.73. The zero-order valence-corrected chi connectivity index (χ0v) is 10.4. The molecule has 2 unspecified atom stereocenters. The van der Waals surface area contributed by atoms with E-state index in [0.29, 0.717) is 18.4 Å². The SMILES string of the molecule is CCOC(=O)[C@H]1C[C@@H](C2C=CC(F)=CC2C)C1. The van der Waals surface area contributed by atoms with Gasteiger partial charge in [0.05, 0.1) is 12.5 Å². The Balaban J connectivity index is 1.84. The molecule has 1 saturated carbocycles. The zero-order valence-electron chi connectivity index (χ0n) is 10.4. The number of carbonyl (C=O) groups excluding carboxylic acids is 1. The molecular formula is C14H19FO2. The third-order valence-corrected chi connectivity index (χ3v) is 3.85. The Labute approximate surface area is 102 Å². The molecule has 2 aliphatic carbocycles. The van der Waals surface area contributed by atoms with Gasteiger partial charge in [0.1, 0.15) is 5.83 Å². The summed E-state index contributed by atoms with van der Waals surface area (Å²) in [4.78, 5) is 11.5. The van der Waals surface area contributed by atoms with Crippen LogP contribution in [0.5, 0.6) is 0 Å². The maximum absolute atomic E-state index is 13.0. The molecule has 94 valence electrons. The number of carbonyl (C=O) groups is 1. The van der Waals surface area contributed by atoms with Crippen molar-refractivity contribution < 1.29 is 13.9 Å². The Bertz CT molecular complexity index is 353. The van der Waals surface area contributed by atoms with Crippen molar-refractivity contribution in [3.63, 3.8) is 0 Å². The summed E-state index contributed by atoms with van der Waals surface area (Å²) in [7, 11) is 0. The van der Waals surface area contributed by atoms with Crippen LogP contribution in [0.2, 0.25) is 0 Å². The molecule has 0 bridgehead atoms. The number of halogens is 1. The van der Waals surface area contributed by atoms with Gasteiger partial charge in [0.2, 0.25) is 0 Å². The second-order valence-corrected chi connectivity index (χ2v) is 5.03. The van der Waals surface area contributed by atoms with E-state index in [2.05, 4.69) is 0 Å². The summed E-state index contributed by atoms with van der Waals surface area (Å²) in [6.45, 7) is 4.31. The van der Waals surface area contributed by atoms with Gasteiger partial charge in [0, 0.05) is 0 Å². The minimum absolute atomic E-state index is 0.0660. The molecule has 17 heavy (non-hydrogen) atoms. The fourth-order valence-corrected chi connectivity index (χ4v) is 2.81. The highest BCUT2D eigenvalue weighted by Gasteiger charge is 2.40. The van der Waals surface area contributed by atoms with Gasteiger partial charge in [-0.3, -0.25) is 4.79 Å². The standard InChI is InChI=1S/C14H19FO2/c1-3-17-14(16)11-7-10(8-11)13-5-4-12(15)6-9(13)2/h4-6,9-11,13H,3,7-8H2,1-2H3/t9?,10-,11+,13?. The quantitative estimate of drug-likeness (QED) is 0.705. The first kappa shape index (κ1) is 12.3. The number of hydrogen-bond donors (Lipinski definition) is 0. The summed E-state index contributed by atoms with van der Waals surface area (Å²) in [6, 6.07) is 0. The summed E-state index contributed by atoms with van der Waals surface area (Å²) in [6.07, 6.45) is 6.93. The molecule has 0 spiro atoms. The maximum Gasteiger partial charge on any atom is 0.308 e. The van der Waals surface area contributed by atoms with E-state index < -0.39 is 0 Å². The Morgan fingerprint density at radius 3 is 2.82 bits per heavy atom. The van der Waals surface area contributed by atoms with Gasteiger partial charge in [0.25, 0.3) is 0 Å². The van der Waals surface area contributed by atoms with E-state index >= 15 is 0 Å². The Morgan fingerprint density at radius 1 is 1.53 bits per heavy atom. The predicted octanol–water partition coefficient (Wildman–Crippen LogP) is 3.25. The average molecular weight is 238 g/mol. The van der Waals surface area contributed by atoms with Crippen molar-refractivity contribution in [2.75, 3.05) is 6.61 Å². The predicted molar refractivity (Wildman–Crippen MR) is 63.8 cm³/mol. The van der Waals surface area contributed by atoms with Gasteiger partial charge in [-0.25, -0.2) is 4.39 Å². The first-order chi connectivity index (χ1) is 8.11. The molecule has 1 fully saturated rings. The first-order valence-corrected chi connectivity index (χ1v) is 6.34. The summed E-state index contributed by atoms with van der Waals surface area (Å²) in [5, 5.41) is 0. The lowest BCUT2D eigenvalue weighted by Gasteiger charge is -2.40.